The number of rotatable bonds is 3. The second-order valence-electron chi connectivity index (χ2n) is 7.23. The van der Waals surface area contributed by atoms with Crippen LogP contribution in [0, 0.1) is 24.6 Å². The Morgan fingerprint density at radius 2 is 2.00 bits per heavy atom. The van der Waals surface area contributed by atoms with Crippen LogP contribution in [0.15, 0.2) is 36.4 Å². The molecule has 0 spiro atoms. The summed E-state index contributed by atoms with van der Waals surface area (Å²) in [6, 6.07) is 8.96. The predicted molar refractivity (Wildman–Crippen MR) is 105 cm³/mol. The minimum Gasteiger partial charge on any atom is -0.497 e. The van der Waals surface area contributed by atoms with Gasteiger partial charge in [0.1, 0.15) is 11.6 Å². The summed E-state index contributed by atoms with van der Waals surface area (Å²) in [6.45, 7) is 1.82. The molecule has 0 saturated carbocycles. The van der Waals surface area contributed by atoms with Crippen LogP contribution >= 0.6 is 0 Å². The Bertz CT molecular complexity index is 1150. The maximum atomic E-state index is 14.2. The van der Waals surface area contributed by atoms with Crippen molar-refractivity contribution in [1.82, 2.24) is 15.5 Å². The van der Waals surface area contributed by atoms with Crippen LogP contribution < -0.4 is 15.4 Å². The molecule has 0 bridgehead atoms. The molecule has 2 aromatic rings. The molecule has 2 heterocycles. The number of ether oxygens (including phenoxy) is 1. The minimum atomic E-state index is -1.68. The van der Waals surface area contributed by atoms with Gasteiger partial charge in [-0.2, -0.15) is 0 Å². The van der Waals surface area contributed by atoms with E-state index in [0.29, 0.717) is 11.3 Å². The molecule has 30 heavy (non-hydrogen) atoms. The van der Waals surface area contributed by atoms with Crippen LogP contribution in [0.3, 0.4) is 0 Å². The quantitative estimate of drug-likeness (QED) is 0.599. The Hall–Kier alpha value is -3.86. The number of fused-ring (bicyclic) bond motifs is 1. The van der Waals surface area contributed by atoms with Crippen molar-refractivity contribution >= 4 is 17.8 Å². The monoisotopic (exact) mass is 407 g/mol. The first kappa shape index (κ1) is 19.5. The zero-order chi connectivity index (χ0) is 21.5. The lowest BCUT2D eigenvalue weighted by Crippen LogP contribution is -2.54. The summed E-state index contributed by atoms with van der Waals surface area (Å²) in [7, 11) is 1.51. The number of hydrogen-bond acceptors (Lipinski definition) is 4. The van der Waals surface area contributed by atoms with Crippen LogP contribution in [0.4, 0.5) is 9.18 Å². The summed E-state index contributed by atoms with van der Waals surface area (Å²) in [5, 5.41) is 4.65. The number of carbonyl (C=O) groups is 3. The zero-order valence-corrected chi connectivity index (χ0v) is 16.3. The molecule has 2 aliphatic rings. The van der Waals surface area contributed by atoms with Gasteiger partial charge in [0.2, 0.25) is 5.54 Å². The van der Waals surface area contributed by atoms with Gasteiger partial charge < -0.3 is 15.0 Å². The third kappa shape index (κ3) is 3.35. The average Bonchev–Trinajstić information content (AvgIpc) is 3.16. The molecule has 0 radical (unpaired) electrons. The number of halogens is 1. The van der Waals surface area contributed by atoms with E-state index in [1.807, 2.05) is 0 Å². The van der Waals surface area contributed by atoms with E-state index in [1.54, 1.807) is 31.2 Å². The molecule has 0 unspecified atom stereocenters. The number of carbonyl (C=O) groups excluding carboxylic acids is 3. The van der Waals surface area contributed by atoms with Gasteiger partial charge in [0.25, 0.3) is 11.8 Å². The zero-order valence-electron chi connectivity index (χ0n) is 16.3. The SMILES string of the molecule is COc1ccc2c(c1)C(=O)N(C[C@@]1(C#Cc3ccc(C)cc3F)NC(=O)NC1=O)C2. The Labute approximate surface area is 172 Å². The van der Waals surface area contributed by atoms with E-state index in [1.165, 1.54) is 24.1 Å². The maximum Gasteiger partial charge on any atom is 0.323 e. The predicted octanol–water partition coefficient (Wildman–Crippen LogP) is 1.73. The van der Waals surface area contributed by atoms with E-state index in [0.717, 1.165) is 11.1 Å². The molecule has 4 rings (SSSR count). The molecular weight excluding hydrogens is 389 g/mol. The number of benzene rings is 2. The van der Waals surface area contributed by atoms with Gasteiger partial charge in [0.05, 0.1) is 19.2 Å². The average molecular weight is 407 g/mol. The summed E-state index contributed by atoms with van der Waals surface area (Å²) in [5.41, 5.74) is 0.381. The molecule has 1 saturated heterocycles. The van der Waals surface area contributed by atoms with Gasteiger partial charge >= 0.3 is 6.03 Å². The fraction of sp³-hybridized carbons (Fsp3) is 0.227. The Balaban J connectivity index is 1.66. The molecule has 1 atom stereocenters. The second kappa shape index (κ2) is 7.19. The number of imide groups is 1. The summed E-state index contributed by atoms with van der Waals surface area (Å²) in [5.74, 6) is 4.36. The highest BCUT2D eigenvalue weighted by Gasteiger charge is 2.48. The molecule has 4 amide bonds. The topological polar surface area (TPSA) is 87.7 Å². The second-order valence-corrected chi connectivity index (χ2v) is 7.23. The van der Waals surface area contributed by atoms with Gasteiger partial charge in [-0.3, -0.25) is 14.9 Å². The van der Waals surface area contributed by atoms with E-state index < -0.39 is 23.3 Å². The van der Waals surface area contributed by atoms with Gasteiger partial charge in [0, 0.05) is 12.1 Å². The van der Waals surface area contributed by atoms with Crippen molar-refractivity contribution in [2.24, 2.45) is 0 Å². The highest BCUT2D eigenvalue weighted by atomic mass is 19.1. The third-order valence-corrected chi connectivity index (χ3v) is 5.10. The van der Waals surface area contributed by atoms with Gasteiger partial charge in [-0.25, -0.2) is 9.18 Å². The lowest BCUT2D eigenvalue weighted by atomic mass is 9.99. The number of urea groups is 1. The molecule has 7 nitrogen and oxygen atoms in total. The first-order chi connectivity index (χ1) is 14.3. The fourth-order valence-electron chi connectivity index (χ4n) is 3.51. The summed E-state index contributed by atoms with van der Waals surface area (Å²) >= 11 is 0. The normalized spacial score (nSPS) is 19.7. The molecule has 8 heteroatoms. The van der Waals surface area contributed by atoms with Crippen molar-refractivity contribution in [1.29, 1.82) is 0 Å². The van der Waals surface area contributed by atoms with Crippen molar-refractivity contribution in [2.75, 3.05) is 13.7 Å². The molecule has 2 aliphatic heterocycles. The van der Waals surface area contributed by atoms with E-state index in [2.05, 4.69) is 22.5 Å². The molecule has 0 aliphatic carbocycles. The Morgan fingerprint density at radius 1 is 1.20 bits per heavy atom. The smallest absolute Gasteiger partial charge is 0.323 e. The molecule has 0 aromatic heterocycles. The molecule has 1 fully saturated rings. The van der Waals surface area contributed by atoms with E-state index in [4.69, 9.17) is 4.74 Å². The van der Waals surface area contributed by atoms with E-state index in [9.17, 15) is 18.8 Å². The first-order valence-electron chi connectivity index (χ1n) is 9.20. The Morgan fingerprint density at radius 3 is 2.67 bits per heavy atom. The van der Waals surface area contributed by atoms with Crippen LogP contribution in [0.5, 0.6) is 5.75 Å². The minimum absolute atomic E-state index is 0.0923. The summed E-state index contributed by atoms with van der Waals surface area (Å²) < 4.78 is 19.3. The Kier molecular flexibility index (Phi) is 4.66. The third-order valence-electron chi connectivity index (χ3n) is 5.10. The van der Waals surface area contributed by atoms with E-state index in [-0.39, 0.29) is 24.6 Å². The van der Waals surface area contributed by atoms with Gasteiger partial charge in [-0.05, 0) is 42.3 Å². The molecular formula is C22H18FN3O4. The van der Waals surface area contributed by atoms with Crippen LogP contribution in [-0.2, 0) is 11.3 Å². The first-order valence-corrected chi connectivity index (χ1v) is 9.20. The van der Waals surface area contributed by atoms with Crippen LogP contribution in [0.1, 0.15) is 27.0 Å². The molecule has 2 aromatic carbocycles. The number of nitrogens with zero attached hydrogens (tertiary/aromatic N) is 1. The van der Waals surface area contributed by atoms with Crippen LogP contribution in [0.25, 0.3) is 0 Å². The number of aryl methyl sites for hydroxylation is 1. The van der Waals surface area contributed by atoms with E-state index >= 15 is 0 Å². The van der Waals surface area contributed by atoms with Crippen LogP contribution in [0.2, 0.25) is 0 Å². The van der Waals surface area contributed by atoms with Gasteiger partial charge in [-0.1, -0.05) is 24.0 Å². The number of amides is 4. The number of hydrogen-bond donors (Lipinski definition) is 2. The standard InChI is InChI=1S/C22H18FN3O4/c1-13-3-4-14(18(23)9-13)7-8-22(20(28)24-21(29)25-22)12-26-11-15-5-6-16(30-2)10-17(15)19(26)27/h3-6,9-10H,11-12H2,1-2H3,(H2,24,25,28,29)/t22-/m1/s1. The fourth-order valence-corrected chi connectivity index (χ4v) is 3.51. The summed E-state index contributed by atoms with van der Waals surface area (Å²) in [4.78, 5) is 38.7. The van der Waals surface area contributed by atoms with Gasteiger partial charge in [0.15, 0.2) is 0 Å². The van der Waals surface area contributed by atoms with Crippen molar-refractivity contribution in [2.45, 2.75) is 19.0 Å². The largest absolute Gasteiger partial charge is 0.497 e. The molecule has 152 valence electrons. The van der Waals surface area contributed by atoms with Crippen molar-refractivity contribution in [3.63, 3.8) is 0 Å². The highest BCUT2D eigenvalue weighted by molar-refractivity contribution is 6.10. The lowest BCUT2D eigenvalue weighted by Gasteiger charge is -2.26. The highest BCUT2D eigenvalue weighted by Crippen LogP contribution is 2.28. The lowest BCUT2D eigenvalue weighted by molar-refractivity contribution is -0.122. The number of methoxy groups -OCH3 is 1. The van der Waals surface area contributed by atoms with Crippen molar-refractivity contribution < 1.29 is 23.5 Å². The van der Waals surface area contributed by atoms with Crippen molar-refractivity contribution in [3.8, 4) is 17.6 Å². The molecule has 2 N–H and O–H groups in total. The summed E-state index contributed by atoms with van der Waals surface area (Å²) in [6.07, 6.45) is 0. The van der Waals surface area contributed by atoms with Crippen LogP contribution in [-0.4, -0.2) is 41.9 Å². The number of nitrogens with one attached hydrogen (secondary N) is 2. The van der Waals surface area contributed by atoms with Gasteiger partial charge in [-0.15, -0.1) is 0 Å². The maximum absolute atomic E-state index is 14.2. The van der Waals surface area contributed by atoms with Crippen molar-refractivity contribution in [3.05, 3.63) is 64.5 Å².